The first-order valence-corrected chi connectivity index (χ1v) is 8.70. The van der Waals surface area contributed by atoms with E-state index in [2.05, 4.69) is 9.97 Å². The largest absolute Gasteiger partial charge is 0.494 e. The van der Waals surface area contributed by atoms with Crippen LogP contribution in [-0.2, 0) is 6.54 Å². The normalized spacial score (nSPS) is 13.8. The molecule has 5 heteroatoms. The Morgan fingerprint density at radius 1 is 1.24 bits per heavy atom. The van der Waals surface area contributed by atoms with Gasteiger partial charge in [0.05, 0.1) is 24.0 Å². The minimum absolute atomic E-state index is 0.0767. The van der Waals surface area contributed by atoms with Crippen molar-refractivity contribution in [3.63, 3.8) is 0 Å². The molecule has 128 valence electrons. The van der Waals surface area contributed by atoms with E-state index in [-0.39, 0.29) is 5.91 Å². The quantitative estimate of drug-likeness (QED) is 0.746. The Morgan fingerprint density at radius 3 is 2.76 bits per heavy atom. The van der Waals surface area contributed by atoms with Crippen molar-refractivity contribution in [3.05, 3.63) is 59.9 Å². The van der Waals surface area contributed by atoms with Gasteiger partial charge < -0.3 is 14.6 Å². The van der Waals surface area contributed by atoms with Gasteiger partial charge in [-0.3, -0.25) is 4.79 Å². The molecule has 1 aliphatic carbocycles. The third-order valence-corrected chi connectivity index (χ3v) is 4.50. The molecule has 0 radical (unpaired) electrons. The van der Waals surface area contributed by atoms with Crippen LogP contribution in [-0.4, -0.2) is 33.4 Å². The van der Waals surface area contributed by atoms with Crippen molar-refractivity contribution in [1.29, 1.82) is 0 Å². The molecule has 0 spiro atoms. The van der Waals surface area contributed by atoms with Crippen LogP contribution in [0.1, 0.15) is 35.7 Å². The topological polar surface area (TPSA) is 58.2 Å². The zero-order valence-corrected chi connectivity index (χ0v) is 14.2. The second-order valence-electron chi connectivity index (χ2n) is 6.38. The number of hydrogen-bond acceptors (Lipinski definition) is 3. The van der Waals surface area contributed by atoms with Gasteiger partial charge in [-0.2, -0.15) is 0 Å². The summed E-state index contributed by atoms with van der Waals surface area (Å²) in [5.74, 6) is 0.938. The summed E-state index contributed by atoms with van der Waals surface area (Å²) in [7, 11) is 0. The molecule has 4 rings (SSSR count). The molecular formula is C20H21N3O2. The van der Waals surface area contributed by atoms with E-state index in [1.807, 2.05) is 54.3 Å². The van der Waals surface area contributed by atoms with E-state index < -0.39 is 0 Å². The molecule has 1 aromatic heterocycles. The summed E-state index contributed by atoms with van der Waals surface area (Å²) in [6.07, 6.45) is 3.81. The maximum absolute atomic E-state index is 13.0. The monoisotopic (exact) mass is 335 g/mol. The molecule has 1 aliphatic rings. The number of nitrogens with zero attached hydrogens (tertiary/aromatic N) is 2. The molecule has 0 atom stereocenters. The highest BCUT2D eigenvalue weighted by molar-refractivity contribution is 5.97. The first-order valence-electron chi connectivity index (χ1n) is 8.70. The predicted molar refractivity (Wildman–Crippen MR) is 96.6 cm³/mol. The number of aromatic amines is 1. The van der Waals surface area contributed by atoms with Crippen molar-refractivity contribution in [2.24, 2.45) is 0 Å². The van der Waals surface area contributed by atoms with Crippen LogP contribution in [0.15, 0.2) is 48.8 Å². The van der Waals surface area contributed by atoms with Gasteiger partial charge in [0.15, 0.2) is 0 Å². The minimum Gasteiger partial charge on any atom is -0.494 e. The number of aromatic nitrogens is 2. The maximum atomic E-state index is 13.0. The Kier molecular flexibility index (Phi) is 4.14. The van der Waals surface area contributed by atoms with Crippen LogP contribution in [0, 0.1) is 0 Å². The number of benzene rings is 2. The molecule has 1 fully saturated rings. The summed E-state index contributed by atoms with van der Waals surface area (Å²) >= 11 is 0. The van der Waals surface area contributed by atoms with Crippen molar-refractivity contribution >= 4 is 16.9 Å². The van der Waals surface area contributed by atoms with Crippen LogP contribution in [0.3, 0.4) is 0 Å². The lowest BCUT2D eigenvalue weighted by atomic mass is 10.1. The zero-order valence-electron chi connectivity index (χ0n) is 14.2. The summed E-state index contributed by atoms with van der Waals surface area (Å²) in [6, 6.07) is 14.0. The SMILES string of the molecule is CCOc1ccc(CN(C(=O)c2ccc3nc[nH]c3c2)C2CC2)cc1. The predicted octanol–water partition coefficient (Wildman–Crippen LogP) is 3.77. The van der Waals surface area contributed by atoms with E-state index in [4.69, 9.17) is 4.74 Å². The molecule has 0 unspecified atom stereocenters. The fourth-order valence-corrected chi connectivity index (χ4v) is 3.04. The van der Waals surface area contributed by atoms with Crippen LogP contribution >= 0.6 is 0 Å². The highest BCUT2D eigenvalue weighted by Gasteiger charge is 2.33. The maximum Gasteiger partial charge on any atom is 0.254 e. The number of H-pyrrole nitrogens is 1. The second kappa shape index (κ2) is 6.59. The first-order chi connectivity index (χ1) is 12.2. The van der Waals surface area contributed by atoms with E-state index >= 15 is 0 Å². The Morgan fingerprint density at radius 2 is 2.04 bits per heavy atom. The summed E-state index contributed by atoms with van der Waals surface area (Å²) in [4.78, 5) is 22.3. The van der Waals surface area contributed by atoms with Gasteiger partial charge in [-0.1, -0.05) is 12.1 Å². The van der Waals surface area contributed by atoms with E-state index in [9.17, 15) is 4.79 Å². The molecular weight excluding hydrogens is 314 g/mol. The van der Waals surface area contributed by atoms with E-state index in [1.165, 1.54) is 0 Å². The Labute approximate surface area is 146 Å². The Hall–Kier alpha value is -2.82. The number of ether oxygens (including phenoxy) is 1. The van der Waals surface area contributed by atoms with Gasteiger partial charge >= 0.3 is 0 Å². The van der Waals surface area contributed by atoms with Crippen molar-refractivity contribution in [2.45, 2.75) is 32.4 Å². The van der Waals surface area contributed by atoms with Crippen LogP contribution in [0.5, 0.6) is 5.75 Å². The lowest BCUT2D eigenvalue weighted by Gasteiger charge is -2.23. The van der Waals surface area contributed by atoms with Crippen LogP contribution < -0.4 is 4.74 Å². The molecule has 5 nitrogen and oxygen atoms in total. The van der Waals surface area contributed by atoms with Crippen molar-refractivity contribution in [2.75, 3.05) is 6.61 Å². The second-order valence-corrected chi connectivity index (χ2v) is 6.38. The number of rotatable bonds is 6. The number of nitrogens with one attached hydrogen (secondary N) is 1. The molecule has 25 heavy (non-hydrogen) atoms. The number of amides is 1. The fourth-order valence-electron chi connectivity index (χ4n) is 3.04. The van der Waals surface area contributed by atoms with Gasteiger partial charge in [0.1, 0.15) is 5.75 Å². The van der Waals surface area contributed by atoms with Gasteiger partial charge in [0.2, 0.25) is 0 Å². The van der Waals surface area contributed by atoms with Gasteiger partial charge in [0.25, 0.3) is 5.91 Å². The summed E-state index contributed by atoms with van der Waals surface area (Å²) in [5.41, 5.74) is 3.59. The highest BCUT2D eigenvalue weighted by Crippen LogP contribution is 2.30. The Bertz CT molecular complexity index is 881. The molecule has 3 aromatic rings. The third-order valence-electron chi connectivity index (χ3n) is 4.50. The summed E-state index contributed by atoms with van der Waals surface area (Å²) < 4.78 is 5.49. The molecule has 1 heterocycles. The third kappa shape index (κ3) is 3.36. The highest BCUT2D eigenvalue weighted by atomic mass is 16.5. The van der Waals surface area contributed by atoms with Gasteiger partial charge in [-0.25, -0.2) is 4.98 Å². The average Bonchev–Trinajstić information content (AvgIpc) is 3.37. The van der Waals surface area contributed by atoms with Gasteiger partial charge in [-0.15, -0.1) is 0 Å². The fraction of sp³-hybridized carbons (Fsp3) is 0.300. The number of carbonyl (C=O) groups excluding carboxylic acids is 1. The van der Waals surface area contributed by atoms with E-state index in [0.29, 0.717) is 24.8 Å². The minimum atomic E-state index is 0.0767. The molecule has 1 N–H and O–H groups in total. The van der Waals surface area contributed by atoms with E-state index in [1.54, 1.807) is 6.33 Å². The molecule has 1 saturated carbocycles. The van der Waals surface area contributed by atoms with Crippen molar-refractivity contribution in [3.8, 4) is 5.75 Å². The molecule has 0 aliphatic heterocycles. The number of carbonyl (C=O) groups is 1. The molecule has 0 bridgehead atoms. The molecule has 1 amide bonds. The number of hydrogen-bond donors (Lipinski definition) is 1. The zero-order chi connectivity index (χ0) is 17.2. The summed E-state index contributed by atoms with van der Waals surface area (Å²) in [5, 5.41) is 0. The smallest absolute Gasteiger partial charge is 0.254 e. The molecule has 2 aromatic carbocycles. The van der Waals surface area contributed by atoms with Crippen LogP contribution in [0.25, 0.3) is 11.0 Å². The summed E-state index contributed by atoms with van der Waals surface area (Å²) in [6.45, 7) is 3.25. The average molecular weight is 335 g/mol. The van der Waals surface area contributed by atoms with Crippen molar-refractivity contribution in [1.82, 2.24) is 14.9 Å². The van der Waals surface area contributed by atoms with Crippen LogP contribution in [0.2, 0.25) is 0 Å². The number of fused-ring (bicyclic) bond motifs is 1. The number of imidazole rings is 1. The van der Waals surface area contributed by atoms with Crippen LogP contribution in [0.4, 0.5) is 0 Å². The molecule has 0 saturated heterocycles. The standard InChI is InChI=1S/C20H21N3O2/c1-2-25-17-8-3-14(4-9-17)12-23(16-6-7-16)20(24)15-5-10-18-19(11-15)22-13-21-18/h3-5,8-11,13,16H,2,6-7,12H2,1H3,(H,21,22). The van der Waals surface area contributed by atoms with Gasteiger partial charge in [-0.05, 0) is 55.7 Å². The lowest BCUT2D eigenvalue weighted by molar-refractivity contribution is 0.0730. The Balaban J connectivity index is 1.55. The lowest BCUT2D eigenvalue weighted by Crippen LogP contribution is -2.32. The van der Waals surface area contributed by atoms with Crippen molar-refractivity contribution < 1.29 is 9.53 Å². The van der Waals surface area contributed by atoms with E-state index in [0.717, 1.165) is 35.2 Å². The first kappa shape index (κ1) is 15.7. The van der Waals surface area contributed by atoms with Gasteiger partial charge in [0, 0.05) is 18.2 Å².